The summed E-state index contributed by atoms with van der Waals surface area (Å²) >= 11 is 0. The number of non-ortho nitro benzene ring substituents is 2. The van der Waals surface area contributed by atoms with E-state index >= 15 is 0 Å². The van der Waals surface area contributed by atoms with Crippen molar-refractivity contribution in [1.82, 2.24) is 5.43 Å². The minimum Gasteiger partial charge on any atom is -0.267 e. The lowest BCUT2D eigenvalue weighted by atomic mass is 10.1. The van der Waals surface area contributed by atoms with E-state index in [2.05, 4.69) is 10.5 Å². The fourth-order valence-electron chi connectivity index (χ4n) is 1.16. The maximum Gasteiger partial charge on any atom is 0.277 e. The van der Waals surface area contributed by atoms with Gasteiger partial charge in [0.2, 0.25) is 0 Å². The number of benzene rings is 1. The predicted molar refractivity (Wildman–Crippen MR) is 66.0 cm³/mol. The minimum absolute atomic E-state index is 0.203. The fourth-order valence-corrected chi connectivity index (χ4v) is 1.16. The zero-order valence-electron chi connectivity index (χ0n) is 10.1. The van der Waals surface area contributed by atoms with E-state index in [9.17, 15) is 25.0 Å². The second-order valence-electron chi connectivity index (χ2n) is 3.75. The number of carbonyl (C=O) groups excluding carboxylic acids is 1. The smallest absolute Gasteiger partial charge is 0.267 e. The molecule has 0 fully saturated rings. The zero-order valence-corrected chi connectivity index (χ0v) is 10.1. The van der Waals surface area contributed by atoms with Gasteiger partial charge in [-0.2, -0.15) is 5.10 Å². The summed E-state index contributed by atoms with van der Waals surface area (Å²) in [4.78, 5) is 31.3. The third-order valence-corrected chi connectivity index (χ3v) is 1.97. The predicted octanol–water partition coefficient (Wildman–Crippen LogP) is 1.63. The number of hydrogen-bond acceptors (Lipinski definition) is 6. The fraction of sp³-hybridized carbons (Fsp3) is 0.200. The largest absolute Gasteiger partial charge is 0.277 e. The first kappa shape index (κ1) is 14.2. The first-order chi connectivity index (χ1) is 8.81. The number of hydrogen-bond donors (Lipinski definition) is 1. The number of amides is 1. The highest BCUT2D eigenvalue weighted by Crippen LogP contribution is 2.22. The standard InChI is InChI=1S/C10H10N4O5/c1-6(2)11-12-10(15)7-3-8(13(16)17)5-9(4-7)14(18)19/h3-5H,1-2H3,(H,12,15). The van der Waals surface area contributed by atoms with Crippen LogP contribution in [0.5, 0.6) is 0 Å². The van der Waals surface area contributed by atoms with Crippen LogP contribution >= 0.6 is 0 Å². The number of carbonyl (C=O) groups is 1. The van der Waals surface area contributed by atoms with Gasteiger partial charge in [0, 0.05) is 17.8 Å². The lowest BCUT2D eigenvalue weighted by Gasteiger charge is -2.01. The molecule has 1 aromatic rings. The topological polar surface area (TPSA) is 128 Å². The molecule has 0 unspecified atom stereocenters. The molecule has 1 amide bonds. The van der Waals surface area contributed by atoms with Crippen molar-refractivity contribution in [2.45, 2.75) is 13.8 Å². The van der Waals surface area contributed by atoms with Gasteiger partial charge in [-0.25, -0.2) is 5.43 Å². The van der Waals surface area contributed by atoms with E-state index in [-0.39, 0.29) is 5.56 Å². The molecule has 0 aromatic heterocycles. The Morgan fingerprint density at radius 2 is 1.58 bits per heavy atom. The first-order valence-corrected chi connectivity index (χ1v) is 5.06. The highest BCUT2D eigenvalue weighted by Gasteiger charge is 2.19. The first-order valence-electron chi connectivity index (χ1n) is 5.06. The molecule has 0 aliphatic carbocycles. The highest BCUT2D eigenvalue weighted by molar-refractivity contribution is 5.96. The summed E-state index contributed by atoms with van der Waals surface area (Å²) in [7, 11) is 0. The van der Waals surface area contributed by atoms with Crippen molar-refractivity contribution in [3.63, 3.8) is 0 Å². The van der Waals surface area contributed by atoms with Crippen LogP contribution in [0.25, 0.3) is 0 Å². The van der Waals surface area contributed by atoms with E-state index in [1.165, 1.54) is 0 Å². The van der Waals surface area contributed by atoms with Crippen LogP contribution in [0.4, 0.5) is 11.4 Å². The van der Waals surface area contributed by atoms with Crippen LogP contribution in [0.3, 0.4) is 0 Å². The molecule has 9 heteroatoms. The number of rotatable bonds is 4. The van der Waals surface area contributed by atoms with Crippen molar-refractivity contribution >= 4 is 23.0 Å². The molecule has 9 nitrogen and oxygen atoms in total. The van der Waals surface area contributed by atoms with E-state index in [4.69, 9.17) is 0 Å². The molecule has 0 saturated carbocycles. The van der Waals surface area contributed by atoms with Gasteiger partial charge in [-0.3, -0.25) is 25.0 Å². The van der Waals surface area contributed by atoms with Crippen molar-refractivity contribution in [1.29, 1.82) is 0 Å². The number of nitro groups is 2. The summed E-state index contributed by atoms with van der Waals surface area (Å²) in [6.45, 7) is 3.27. The average Bonchev–Trinajstić information content (AvgIpc) is 2.35. The van der Waals surface area contributed by atoms with E-state index in [0.717, 1.165) is 18.2 Å². The van der Waals surface area contributed by atoms with Gasteiger partial charge >= 0.3 is 0 Å². The van der Waals surface area contributed by atoms with Crippen LogP contribution < -0.4 is 5.43 Å². The van der Waals surface area contributed by atoms with Crippen LogP contribution in [0.15, 0.2) is 23.3 Å². The summed E-state index contributed by atoms with van der Waals surface area (Å²) in [6, 6.07) is 2.68. The van der Waals surface area contributed by atoms with Crippen molar-refractivity contribution < 1.29 is 14.6 Å². The molecule has 1 rings (SSSR count). The second-order valence-corrected chi connectivity index (χ2v) is 3.75. The van der Waals surface area contributed by atoms with Crippen molar-refractivity contribution in [3.05, 3.63) is 44.0 Å². The zero-order chi connectivity index (χ0) is 14.6. The van der Waals surface area contributed by atoms with Crippen molar-refractivity contribution in [2.24, 2.45) is 5.10 Å². The van der Waals surface area contributed by atoms with Gasteiger partial charge in [-0.05, 0) is 13.8 Å². The third-order valence-electron chi connectivity index (χ3n) is 1.97. The summed E-state index contributed by atoms with van der Waals surface area (Å²) in [6.07, 6.45) is 0. The average molecular weight is 266 g/mol. The summed E-state index contributed by atoms with van der Waals surface area (Å²) in [5.74, 6) is -0.756. The van der Waals surface area contributed by atoms with Crippen LogP contribution in [-0.2, 0) is 0 Å². The third kappa shape index (κ3) is 3.84. The number of nitrogens with zero attached hydrogens (tertiary/aromatic N) is 3. The Hall–Kier alpha value is -2.84. The molecule has 0 radical (unpaired) electrons. The van der Waals surface area contributed by atoms with Gasteiger partial charge in [0.15, 0.2) is 0 Å². The van der Waals surface area contributed by atoms with Gasteiger partial charge in [-0.1, -0.05) is 0 Å². The summed E-state index contributed by atoms with van der Waals surface area (Å²) < 4.78 is 0. The number of nitro benzene ring substituents is 2. The monoisotopic (exact) mass is 266 g/mol. The van der Waals surface area contributed by atoms with E-state index < -0.39 is 27.1 Å². The Labute approximate surface area is 107 Å². The molecule has 0 bridgehead atoms. The molecule has 0 saturated heterocycles. The van der Waals surface area contributed by atoms with Gasteiger partial charge in [0.25, 0.3) is 17.3 Å². The molecular weight excluding hydrogens is 256 g/mol. The maximum absolute atomic E-state index is 11.6. The summed E-state index contributed by atoms with van der Waals surface area (Å²) in [5.41, 5.74) is 1.43. The van der Waals surface area contributed by atoms with E-state index in [1.54, 1.807) is 13.8 Å². The van der Waals surface area contributed by atoms with Crippen LogP contribution in [0, 0.1) is 20.2 Å². The lowest BCUT2D eigenvalue weighted by Crippen LogP contribution is -2.18. The molecule has 19 heavy (non-hydrogen) atoms. The Morgan fingerprint density at radius 1 is 1.11 bits per heavy atom. The Morgan fingerprint density at radius 3 is 1.95 bits per heavy atom. The SMILES string of the molecule is CC(C)=NNC(=O)c1cc([N+](=O)[O-])cc([N+](=O)[O-])c1. The van der Waals surface area contributed by atoms with E-state index in [0.29, 0.717) is 5.71 Å². The molecule has 100 valence electrons. The Kier molecular flexibility index (Phi) is 4.24. The molecule has 1 N–H and O–H groups in total. The maximum atomic E-state index is 11.6. The van der Waals surface area contributed by atoms with Gasteiger partial charge in [0.1, 0.15) is 0 Å². The van der Waals surface area contributed by atoms with Crippen molar-refractivity contribution in [3.8, 4) is 0 Å². The molecular formula is C10H10N4O5. The quantitative estimate of drug-likeness (QED) is 0.503. The van der Waals surface area contributed by atoms with Gasteiger partial charge in [-0.15, -0.1) is 0 Å². The number of nitrogens with one attached hydrogen (secondary N) is 1. The Bertz CT molecular complexity index is 545. The molecule has 0 spiro atoms. The molecule has 0 heterocycles. The normalized spacial score (nSPS) is 9.58. The van der Waals surface area contributed by atoms with Gasteiger partial charge in [0.05, 0.1) is 21.5 Å². The molecule has 1 aromatic carbocycles. The Balaban J connectivity index is 3.19. The summed E-state index contributed by atoms with van der Waals surface area (Å²) in [5, 5.41) is 24.9. The molecule has 0 aliphatic rings. The highest BCUT2D eigenvalue weighted by atomic mass is 16.6. The lowest BCUT2D eigenvalue weighted by molar-refractivity contribution is -0.394. The minimum atomic E-state index is -0.807. The van der Waals surface area contributed by atoms with Gasteiger partial charge < -0.3 is 0 Å². The molecule has 0 aliphatic heterocycles. The number of hydrazone groups is 1. The van der Waals surface area contributed by atoms with Crippen molar-refractivity contribution in [2.75, 3.05) is 0 Å². The van der Waals surface area contributed by atoms with E-state index in [1.807, 2.05) is 0 Å². The molecule has 0 atom stereocenters. The second kappa shape index (κ2) is 5.67. The van der Waals surface area contributed by atoms with Crippen LogP contribution in [0.2, 0.25) is 0 Å². The van der Waals surface area contributed by atoms with Crippen LogP contribution in [0.1, 0.15) is 24.2 Å². The van der Waals surface area contributed by atoms with Crippen LogP contribution in [-0.4, -0.2) is 21.5 Å².